The Bertz CT molecular complexity index is 684. The molecule has 0 spiro atoms. The number of likely N-dealkylation sites (tertiary alicyclic amines) is 1. The van der Waals surface area contributed by atoms with Crippen molar-refractivity contribution in [2.75, 3.05) is 13.1 Å². The molecule has 1 aliphatic heterocycles. The van der Waals surface area contributed by atoms with E-state index in [1.165, 1.54) is 0 Å². The second-order valence-corrected chi connectivity index (χ2v) is 7.25. The van der Waals surface area contributed by atoms with Crippen LogP contribution in [-0.4, -0.2) is 39.5 Å². The van der Waals surface area contributed by atoms with Crippen molar-refractivity contribution in [3.63, 3.8) is 0 Å². The van der Waals surface area contributed by atoms with E-state index in [1.54, 1.807) is 4.90 Å². The summed E-state index contributed by atoms with van der Waals surface area (Å²) in [6.45, 7) is 6.91. The zero-order chi connectivity index (χ0) is 15.2. The maximum atomic E-state index is 11.9. The Balaban J connectivity index is 1.69. The fourth-order valence-electron chi connectivity index (χ4n) is 2.40. The number of halogens is 1. The molecule has 0 radical (unpaired) electrons. The molecule has 1 aromatic heterocycles. The van der Waals surface area contributed by atoms with Gasteiger partial charge in [0.05, 0.1) is 17.8 Å². The molecule has 2 aromatic rings. The molecule has 0 aliphatic carbocycles. The summed E-state index contributed by atoms with van der Waals surface area (Å²) in [5.41, 5.74) is 0.638. The molecule has 0 bridgehead atoms. The smallest absolute Gasteiger partial charge is 0.410 e. The van der Waals surface area contributed by atoms with Gasteiger partial charge in [-0.2, -0.15) is 5.10 Å². The third-order valence-corrected chi connectivity index (χ3v) is 3.91. The highest BCUT2D eigenvalue weighted by atomic mass is 79.9. The number of rotatable bonds is 1. The number of fused-ring (bicyclic) bond motifs is 1. The topological polar surface area (TPSA) is 47.4 Å². The van der Waals surface area contributed by atoms with E-state index in [2.05, 4.69) is 21.0 Å². The molecule has 6 heteroatoms. The van der Waals surface area contributed by atoms with E-state index in [9.17, 15) is 4.79 Å². The summed E-state index contributed by atoms with van der Waals surface area (Å²) in [6, 6.07) is 6.31. The van der Waals surface area contributed by atoms with Gasteiger partial charge in [0, 0.05) is 22.9 Å². The van der Waals surface area contributed by atoms with Gasteiger partial charge in [0.25, 0.3) is 0 Å². The molecule has 112 valence electrons. The van der Waals surface area contributed by atoms with Gasteiger partial charge in [0.2, 0.25) is 0 Å². The summed E-state index contributed by atoms with van der Waals surface area (Å²) in [4.78, 5) is 13.6. The summed E-state index contributed by atoms with van der Waals surface area (Å²) < 4.78 is 8.39. The average molecular weight is 352 g/mol. The fraction of sp³-hybridized carbons (Fsp3) is 0.467. The summed E-state index contributed by atoms with van der Waals surface area (Å²) in [5.74, 6) is 0. The van der Waals surface area contributed by atoms with Crippen molar-refractivity contribution in [3.05, 3.63) is 28.9 Å². The quantitative estimate of drug-likeness (QED) is 0.788. The normalized spacial score (nSPS) is 16.1. The second-order valence-electron chi connectivity index (χ2n) is 6.33. The lowest BCUT2D eigenvalue weighted by molar-refractivity contribution is 0.000161. The third-order valence-electron chi connectivity index (χ3n) is 3.42. The molecule has 2 heterocycles. The highest BCUT2D eigenvalue weighted by Gasteiger charge is 2.35. The number of carbonyl (C=O) groups excluding carboxylic acids is 1. The molecule has 1 saturated heterocycles. The summed E-state index contributed by atoms with van der Waals surface area (Å²) >= 11 is 3.46. The van der Waals surface area contributed by atoms with Crippen LogP contribution in [0, 0.1) is 0 Å². The maximum Gasteiger partial charge on any atom is 0.410 e. The van der Waals surface area contributed by atoms with Gasteiger partial charge in [-0.05, 0) is 39.0 Å². The number of nitrogens with zero attached hydrogens (tertiary/aromatic N) is 3. The van der Waals surface area contributed by atoms with Gasteiger partial charge in [0.1, 0.15) is 5.60 Å². The predicted molar refractivity (Wildman–Crippen MR) is 84.3 cm³/mol. The van der Waals surface area contributed by atoms with Crippen LogP contribution in [0.2, 0.25) is 0 Å². The van der Waals surface area contributed by atoms with Crippen molar-refractivity contribution in [1.29, 1.82) is 0 Å². The minimum Gasteiger partial charge on any atom is -0.444 e. The van der Waals surface area contributed by atoms with Gasteiger partial charge in [-0.25, -0.2) is 4.79 Å². The number of benzene rings is 1. The molecule has 1 amide bonds. The lowest BCUT2D eigenvalue weighted by Crippen LogP contribution is -2.52. The molecule has 0 N–H and O–H groups in total. The van der Waals surface area contributed by atoms with Crippen LogP contribution in [0.5, 0.6) is 0 Å². The van der Waals surface area contributed by atoms with Gasteiger partial charge >= 0.3 is 6.09 Å². The maximum absolute atomic E-state index is 11.9. The predicted octanol–water partition coefficient (Wildman–Crippen LogP) is 3.59. The second kappa shape index (κ2) is 5.02. The Morgan fingerprint density at radius 1 is 1.38 bits per heavy atom. The number of hydrogen-bond donors (Lipinski definition) is 0. The van der Waals surface area contributed by atoms with Crippen LogP contribution in [0.25, 0.3) is 10.9 Å². The van der Waals surface area contributed by atoms with Crippen LogP contribution < -0.4 is 0 Å². The van der Waals surface area contributed by atoms with E-state index in [0.717, 1.165) is 15.4 Å². The highest BCUT2D eigenvalue weighted by molar-refractivity contribution is 9.10. The van der Waals surface area contributed by atoms with E-state index in [1.807, 2.05) is 49.8 Å². The van der Waals surface area contributed by atoms with E-state index >= 15 is 0 Å². The van der Waals surface area contributed by atoms with Crippen molar-refractivity contribution < 1.29 is 9.53 Å². The first-order valence-corrected chi connectivity index (χ1v) is 7.73. The van der Waals surface area contributed by atoms with Gasteiger partial charge in [-0.15, -0.1) is 0 Å². The van der Waals surface area contributed by atoms with Gasteiger partial charge in [0.15, 0.2) is 0 Å². The highest BCUT2D eigenvalue weighted by Crippen LogP contribution is 2.28. The van der Waals surface area contributed by atoms with Crippen molar-refractivity contribution in [2.45, 2.75) is 32.4 Å². The third kappa shape index (κ3) is 2.90. The van der Waals surface area contributed by atoms with Crippen LogP contribution in [0.4, 0.5) is 4.79 Å². The summed E-state index contributed by atoms with van der Waals surface area (Å²) in [7, 11) is 0. The first-order valence-electron chi connectivity index (χ1n) is 6.94. The van der Waals surface area contributed by atoms with Gasteiger partial charge in [-0.3, -0.25) is 4.68 Å². The zero-order valence-corrected chi connectivity index (χ0v) is 13.9. The molecule has 21 heavy (non-hydrogen) atoms. The van der Waals surface area contributed by atoms with Crippen molar-refractivity contribution in [1.82, 2.24) is 14.7 Å². The Hall–Kier alpha value is -1.56. The summed E-state index contributed by atoms with van der Waals surface area (Å²) in [6.07, 6.45) is 1.61. The molecule has 5 nitrogen and oxygen atoms in total. The van der Waals surface area contributed by atoms with Gasteiger partial charge in [-0.1, -0.05) is 15.9 Å². The Labute approximate surface area is 132 Å². The summed E-state index contributed by atoms with van der Waals surface area (Å²) in [5, 5.41) is 5.54. The number of carbonyl (C=O) groups is 1. The molecule has 1 aliphatic rings. The van der Waals surface area contributed by atoms with Gasteiger partial charge < -0.3 is 9.64 Å². The van der Waals surface area contributed by atoms with Crippen LogP contribution in [0.15, 0.2) is 28.9 Å². The van der Waals surface area contributed by atoms with E-state index in [4.69, 9.17) is 4.74 Å². The first kappa shape index (κ1) is 14.4. The minimum atomic E-state index is -0.452. The number of hydrogen-bond acceptors (Lipinski definition) is 3. The number of aromatic nitrogens is 2. The Morgan fingerprint density at radius 3 is 2.76 bits per heavy atom. The monoisotopic (exact) mass is 351 g/mol. The van der Waals surface area contributed by atoms with Crippen molar-refractivity contribution >= 4 is 32.9 Å². The molecule has 3 rings (SSSR count). The van der Waals surface area contributed by atoms with Crippen molar-refractivity contribution in [3.8, 4) is 0 Å². The standard InChI is InChI=1S/C15H18BrN3O2/c1-15(2,3)21-14(20)18-8-12(9-18)19-13-5-4-11(16)6-10(13)7-17-19/h4-7,12H,8-9H2,1-3H3. The lowest BCUT2D eigenvalue weighted by atomic mass is 10.1. The van der Waals surface area contributed by atoms with Crippen LogP contribution in [-0.2, 0) is 4.74 Å². The average Bonchev–Trinajstić information content (AvgIpc) is 2.67. The Kier molecular flexibility index (Phi) is 3.43. The number of amides is 1. The molecule has 0 saturated carbocycles. The molecule has 1 fully saturated rings. The van der Waals surface area contributed by atoms with Crippen molar-refractivity contribution in [2.24, 2.45) is 0 Å². The first-order chi connectivity index (χ1) is 9.83. The molecule has 0 unspecified atom stereocenters. The molecular weight excluding hydrogens is 334 g/mol. The van der Waals surface area contributed by atoms with Crippen LogP contribution >= 0.6 is 15.9 Å². The molecular formula is C15H18BrN3O2. The minimum absolute atomic E-state index is 0.219. The molecule has 1 aromatic carbocycles. The van der Waals surface area contributed by atoms with E-state index in [-0.39, 0.29) is 12.1 Å². The van der Waals surface area contributed by atoms with Crippen LogP contribution in [0.3, 0.4) is 0 Å². The lowest BCUT2D eigenvalue weighted by Gasteiger charge is -2.39. The molecule has 0 atom stereocenters. The van der Waals surface area contributed by atoms with E-state index < -0.39 is 5.60 Å². The van der Waals surface area contributed by atoms with Crippen LogP contribution in [0.1, 0.15) is 26.8 Å². The largest absolute Gasteiger partial charge is 0.444 e. The fourth-order valence-corrected chi connectivity index (χ4v) is 2.78. The SMILES string of the molecule is CC(C)(C)OC(=O)N1CC(n2ncc3cc(Br)ccc32)C1. The Morgan fingerprint density at radius 2 is 2.10 bits per heavy atom. The zero-order valence-electron chi connectivity index (χ0n) is 12.3. The van der Waals surface area contributed by atoms with E-state index in [0.29, 0.717) is 13.1 Å². The number of ether oxygens (including phenoxy) is 1.